The smallest absolute Gasteiger partial charge is 0.126 e. The molecule has 0 fully saturated rings. The number of hydrogen-bond donors (Lipinski definition) is 1. The number of aryl methyl sites for hydroxylation is 1. The van der Waals surface area contributed by atoms with E-state index in [4.69, 9.17) is 5.73 Å². The first-order valence-electron chi connectivity index (χ1n) is 4.82. The van der Waals surface area contributed by atoms with Crippen molar-refractivity contribution in [2.45, 2.75) is 13.0 Å². The second-order valence-corrected chi connectivity index (χ2v) is 4.43. The summed E-state index contributed by atoms with van der Waals surface area (Å²) < 4.78 is 26.1. The van der Waals surface area contributed by atoms with E-state index in [2.05, 4.69) is 0 Å². The third-order valence-corrected chi connectivity index (χ3v) is 3.35. The molecule has 0 spiro atoms. The lowest BCUT2D eigenvalue weighted by Gasteiger charge is -2.12. The van der Waals surface area contributed by atoms with Gasteiger partial charge in [0.25, 0.3) is 0 Å². The van der Waals surface area contributed by atoms with E-state index in [-0.39, 0.29) is 0 Å². The molecule has 2 aromatic rings. The van der Waals surface area contributed by atoms with Crippen molar-refractivity contribution in [2.75, 3.05) is 0 Å². The van der Waals surface area contributed by atoms with Gasteiger partial charge >= 0.3 is 0 Å². The summed E-state index contributed by atoms with van der Waals surface area (Å²) in [5.41, 5.74) is 8.39. The molecule has 4 heteroatoms. The molecule has 0 saturated carbocycles. The van der Waals surface area contributed by atoms with Crippen LogP contribution in [0.5, 0.6) is 0 Å². The fourth-order valence-electron chi connectivity index (χ4n) is 1.62. The summed E-state index contributed by atoms with van der Waals surface area (Å²) in [5, 5.41) is 3.87. The van der Waals surface area contributed by atoms with E-state index in [0.717, 1.165) is 17.2 Å². The topological polar surface area (TPSA) is 26.0 Å². The molecule has 0 bridgehead atoms. The second kappa shape index (κ2) is 4.31. The van der Waals surface area contributed by atoms with Gasteiger partial charge in [0.2, 0.25) is 0 Å². The minimum absolute atomic E-state index is 0.457. The molecule has 0 saturated heterocycles. The quantitative estimate of drug-likeness (QED) is 0.854. The Bertz CT molecular complexity index is 487. The maximum atomic E-state index is 13.0. The minimum atomic E-state index is -0.599. The molecule has 1 heterocycles. The molecule has 0 aliphatic heterocycles. The van der Waals surface area contributed by atoms with Crippen molar-refractivity contribution in [3.05, 3.63) is 57.3 Å². The molecular formula is C12H11F2NS. The van der Waals surface area contributed by atoms with Gasteiger partial charge < -0.3 is 5.73 Å². The normalized spacial score (nSPS) is 12.8. The van der Waals surface area contributed by atoms with Crippen LogP contribution in [0.25, 0.3) is 0 Å². The monoisotopic (exact) mass is 239 g/mol. The zero-order valence-electron chi connectivity index (χ0n) is 8.71. The first kappa shape index (κ1) is 11.2. The molecule has 84 valence electrons. The molecule has 0 aliphatic carbocycles. The molecule has 2 N–H and O–H groups in total. The van der Waals surface area contributed by atoms with Crippen molar-refractivity contribution < 1.29 is 8.78 Å². The van der Waals surface area contributed by atoms with Crippen LogP contribution in [0.2, 0.25) is 0 Å². The highest BCUT2D eigenvalue weighted by Crippen LogP contribution is 2.26. The van der Waals surface area contributed by atoms with E-state index in [9.17, 15) is 8.78 Å². The molecule has 16 heavy (non-hydrogen) atoms. The Labute approximate surface area is 96.5 Å². The van der Waals surface area contributed by atoms with Crippen LogP contribution in [0.3, 0.4) is 0 Å². The summed E-state index contributed by atoms with van der Waals surface area (Å²) in [4.78, 5) is 0. The molecule has 0 aliphatic rings. The third kappa shape index (κ3) is 2.13. The van der Waals surface area contributed by atoms with Crippen LogP contribution < -0.4 is 5.73 Å². The van der Waals surface area contributed by atoms with Crippen LogP contribution in [0.4, 0.5) is 8.78 Å². The molecule has 1 aromatic carbocycles. The Morgan fingerprint density at radius 2 is 1.75 bits per heavy atom. The average molecular weight is 239 g/mol. The highest BCUT2D eigenvalue weighted by Gasteiger charge is 2.14. The molecule has 1 atom stereocenters. The van der Waals surface area contributed by atoms with Gasteiger partial charge in [-0.2, -0.15) is 11.3 Å². The van der Waals surface area contributed by atoms with Gasteiger partial charge in [-0.15, -0.1) is 0 Å². The van der Waals surface area contributed by atoms with Crippen molar-refractivity contribution in [2.24, 2.45) is 5.73 Å². The predicted octanol–water partition coefficient (Wildman–Crippen LogP) is 3.38. The maximum Gasteiger partial charge on any atom is 0.126 e. The van der Waals surface area contributed by atoms with Crippen LogP contribution in [0, 0.1) is 18.6 Å². The van der Waals surface area contributed by atoms with E-state index in [1.165, 1.54) is 23.5 Å². The van der Waals surface area contributed by atoms with Crippen LogP contribution in [-0.4, -0.2) is 0 Å². The Morgan fingerprint density at radius 1 is 1.12 bits per heavy atom. The average Bonchev–Trinajstić information content (AvgIpc) is 2.62. The van der Waals surface area contributed by atoms with Crippen molar-refractivity contribution >= 4 is 11.3 Å². The van der Waals surface area contributed by atoms with Crippen molar-refractivity contribution in [3.63, 3.8) is 0 Å². The number of benzene rings is 1. The molecule has 2 rings (SSSR count). The maximum absolute atomic E-state index is 13.0. The minimum Gasteiger partial charge on any atom is -0.320 e. The highest BCUT2D eigenvalue weighted by molar-refractivity contribution is 7.08. The lowest BCUT2D eigenvalue weighted by atomic mass is 9.99. The summed E-state index contributed by atoms with van der Waals surface area (Å²) in [6, 6.07) is 2.91. The zero-order chi connectivity index (χ0) is 11.7. The van der Waals surface area contributed by atoms with Gasteiger partial charge in [0, 0.05) is 6.07 Å². The fraction of sp³-hybridized carbons (Fsp3) is 0.167. The van der Waals surface area contributed by atoms with E-state index in [1.807, 2.05) is 17.7 Å². The van der Waals surface area contributed by atoms with Gasteiger partial charge in [0.1, 0.15) is 11.6 Å². The van der Waals surface area contributed by atoms with E-state index >= 15 is 0 Å². The van der Waals surface area contributed by atoms with Gasteiger partial charge in [-0.05, 0) is 46.5 Å². The zero-order valence-corrected chi connectivity index (χ0v) is 9.52. The lowest BCUT2D eigenvalue weighted by molar-refractivity contribution is 0.577. The highest BCUT2D eigenvalue weighted by atomic mass is 32.1. The Kier molecular flexibility index (Phi) is 3.03. The molecule has 1 unspecified atom stereocenters. The Hall–Kier alpha value is -1.26. The number of nitrogens with two attached hydrogens (primary N) is 1. The SMILES string of the molecule is Cc1cscc1C(N)c1cc(F)cc(F)c1. The van der Waals surface area contributed by atoms with E-state index in [1.54, 1.807) is 0 Å². The molecule has 0 amide bonds. The molecular weight excluding hydrogens is 228 g/mol. The standard InChI is InChI=1S/C12H11F2NS/c1-7-5-16-6-11(7)12(15)8-2-9(13)4-10(14)3-8/h2-6,12H,15H2,1H3. The number of hydrogen-bond acceptors (Lipinski definition) is 2. The van der Waals surface area contributed by atoms with Crippen LogP contribution in [0.1, 0.15) is 22.7 Å². The van der Waals surface area contributed by atoms with Crippen molar-refractivity contribution in [3.8, 4) is 0 Å². The summed E-state index contributed by atoms with van der Waals surface area (Å²) in [6.45, 7) is 1.93. The summed E-state index contributed by atoms with van der Waals surface area (Å²) in [5.74, 6) is -1.20. The fourth-order valence-corrected chi connectivity index (χ4v) is 2.51. The first-order valence-corrected chi connectivity index (χ1v) is 5.76. The molecule has 1 aromatic heterocycles. The summed E-state index contributed by atoms with van der Waals surface area (Å²) in [7, 11) is 0. The Morgan fingerprint density at radius 3 is 2.25 bits per heavy atom. The van der Waals surface area contributed by atoms with E-state index < -0.39 is 17.7 Å². The van der Waals surface area contributed by atoms with Crippen LogP contribution in [0.15, 0.2) is 29.0 Å². The van der Waals surface area contributed by atoms with Crippen molar-refractivity contribution in [1.29, 1.82) is 0 Å². The largest absolute Gasteiger partial charge is 0.320 e. The molecule has 0 radical (unpaired) electrons. The van der Waals surface area contributed by atoms with Gasteiger partial charge in [0.15, 0.2) is 0 Å². The Balaban J connectivity index is 2.41. The number of thiophene rings is 1. The van der Waals surface area contributed by atoms with Crippen molar-refractivity contribution in [1.82, 2.24) is 0 Å². The number of rotatable bonds is 2. The van der Waals surface area contributed by atoms with Gasteiger partial charge in [-0.1, -0.05) is 0 Å². The van der Waals surface area contributed by atoms with Gasteiger partial charge in [-0.25, -0.2) is 8.78 Å². The van der Waals surface area contributed by atoms with Gasteiger partial charge in [-0.3, -0.25) is 0 Å². The second-order valence-electron chi connectivity index (χ2n) is 3.69. The van der Waals surface area contributed by atoms with Crippen LogP contribution in [-0.2, 0) is 0 Å². The van der Waals surface area contributed by atoms with Crippen LogP contribution >= 0.6 is 11.3 Å². The summed E-state index contributed by atoms with van der Waals surface area (Å²) in [6.07, 6.45) is 0. The van der Waals surface area contributed by atoms with Gasteiger partial charge in [0.05, 0.1) is 6.04 Å². The first-order chi connectivity index (χ1) is 7.58. The van der Waals surface area contributed by atoms with E-state index in [0.29, 0.717) is 5.56 Å². The molecule has 1 nitrogen and oxygen atoms in total. The predicted molar refractivity (Wildman–Crippen MR) is 61.4 cm³/mol. The summed E-state index contributed by atoms with van der Waals surface area (Å²) >= 11 is 1.53. The third-order valence-electron chi connectivity index (χ3n) is 2.47. The lowest BCUT2D eigenvalue weighted by Crippen LogP contribution is -2.12. The number of halogens is 2.